The van der Waals surface area contributed by atoms with Crippen LogP contribution in [-0.4, -0.2) is 89.3 Å². The lowest BCUT2D eigenvalue weighted by Gasteiger charge is -2.28. The fraction of sp³-hybridized carbons (Fsp3) is 0.600. The van der Waals surface area contributed by atoms with Gasteiger partial charge in [-0.2, -0.15) is 17.7 Å². The standard InChI is InChI=1S/C30H42ClN7O6S/c1-18(2)38-23-14-10-12-21(31)25(23)33-29(38)44-20-15-24-26(39)34-30(28(41)35-45(42,43)36(3)4)16-19(30)11-8-6-5-7-9-13-22(32)27(40)37(24)17-20/h8,10-12,14,18-20,22,24H,5-7,9,13,15-17,32H2,1-4H3,(H,34,39)(H,35,41)/t19-,20-,22+,24+,30-/m1/s1. The lowest BCUT2D eigenvalue weighted by molar-refractivity contribution is -0.140. The Labute approximate surface area is 268 Å². The van der Waals surface area contributed by atoms with E-state index in [1.165, 1.54) is 19.0 Å². The molecule has 1 aromatic heterocycles. The monoisotopic (exact) mass is 663 g/mol. The van der Waals surface area contributed by atoms with Crippen LogP contribution < -0.4 is 20.5 Å². The predicted octanol–water partition coefficient (Wildman–Crippen LogP) is 2.26. The Kier molecular flexibility index (Phi) is 9.50. The average Bonchev–Trinajstić information content (AvgIpc) is 3.30. The van der Waals surface area contributed by atoms with Gasteiger partial charge in [-0.3, -0.25) is 19.0 Å². The van der Waals surface area contributed by atoms with Gasteiger partial charge in [0.2, 0.25) is 11.8 Å². The molecule has 5 rings (SSSR count). The zero-order valence-corrected chi connectivity index (χ0v) is 27.6. The predicted molar refractivity (Wildman–Crippen MR) is 170 cm³/mol. The fourth-order valence-electron chi connectivity index (χ4n) is 6.15. The summed E-state index contributed by atoms with van der Waals surface area (Å²) in [5.74, 6) is -2.19. The van der Waals surface area contributed by atoms with E-state index in [1.54, 1.807) is 6.07 Å². The molecule has 246 valence electrons. The number of rotatable bonds is 6. The average molecular weight is 664 g/mol. The number of hydrogen-bond donors (Lipinski definition) is 3. The number of nitrogens with one attached hydrogen (secondary N) is 2. The molecule has 2 fully saturated rings. The van der Waals surface area contributed by atoms with E-state index in [0.717, 1.165) is 35.5 Å². The van der Waals surface area contributed by atoms with Crippen LogP contribution in [0, 0.1) is 5.92 Å². The van der Waals surface area contributed by atoms with Crippen molar-refractivity contribution in [2.45, 2.75) is 88.6 Å². The van der Waals surface area contributed by atoms with Gasteiger partial charge < -0.3 is 20.7 Å². The normalized spacial score (nSPS) is 28.0. The summed E-state index contributed by atoms with van der Waals surface area (Å²) >= 11 is 6.43. The van der Waals surface area contributed by atoms with Crippen molar-refractivity contribution in [1.82, 2.24) is 28.8 Å². The molecule has 3 heterocycles. The second-order valence-corrected chi connectivity index (χ2v) is 14.9. The molecule has 1 saturated carbocycles. The Morgan fingerprint density at radius 3 is 2.71 bits per heavy atom. The van der Waals surface area contributed by atoms with Crippen LogP contribution in [0.1, 0.15) is 64.8 Å². The van der Waals surface area contributed by atoms with Crippen molar-refractivity contribution < 1.29 is 27.5 Å². The molecule has 3 amide bonds. The van der Waals surface area contributed by atoms with Crippen LogP contribution in [0.4, 0.5) is 0 Å². The van der Waals surface area contributed by atoms with Gasteiger partial charge in [0.05, 0.1) is 23.1 Å². The van der Waals surface area contributed by atoms with Gasteiger partial charge in [0, 0.05) is 32.5 Å². The largest absolute Gasteiger partial charge is 0.459 e. The quantitative estimate of drug-likeness (QED) is 0.396. The van der Waals surface area contributed by atoms with Crippen molar-refractivity contribution in [3.8, 4) is 6.01 Å². The van der Waals surface area contributed by atoms with Gasteiger partial charge in [0.1, 0.15) is 23.2 Å². The number of imidazole rings is 1. The fourth-order valence-corrected chi connectivity index (χ4v) is 6.96. The number of nitrogens with two attached hydrogens (primary N) is 1. The molecule has 1 aliphatic carbocycles. The summed E-state index contributed by atoms with van der Waals surface area (Å²) in [6.45, 7) is 4.06. The Balaban J connectivity index is 1.45. The summed E-state index contributed by atoms with van der Waals surface area (Å²) in [6, 6.07) is 3.96. The molecule has 13 nitrogen and oxygen atoms in total. The maximum atomic E-state index is 14.0. The second kappa shape index (κ2) is 12.9. The Bertz CT molecular complexity index is 1610. The van der Waals surface area contributed by atoms with Gasteiger partial charge in [0.25, 0.3) is 11.9 Å². The zero-order valence-electron chi connectivity index (χ0n) is 26.0. The van der Waals surface area contributed by atoms with E-state index in [0.29, 0.717) is 23.0 Å². The first-order chi connectivity index (χ1) is 21.2. The number of amides is 3. The summed E-state index contributed by atoms with van der Waals surface area (Å²) in [5, 5.41) is 3.31. The van der Waals surface area contributed by atoms with Crippen LogP contribution in [0.2, 0.25) is 5.02 Å². The zero-order chi connectivity index (χ0) is 32.7. The van der Waals surface area contributed by atoms with E-state index in [4.69, 9.17) is 22.1 Å². The third kappa shape index (κ3) is 6.69. The maximum Gasteiger partial charge on any atom is 0.303 e. The van der Waals surface area contributed by atoms with E-state index in [1.807, 2.05) is 42.7 Å². The Hall–Kier alpha value is -3.20. The van der Waals surface area contributed by atoms with Crippen LogP contribution in [0.3, 0.4) is 0 Å². The lowest BCUT2D eigenvalue weighted by Crippen LogP contribution is -2.58. The first kappa shape index (κ1) is 33.2. The molecule has 1 saturated heterocycles. The molecule has 2 aromatic rings. The Morgan fingerprint density at radius 2 is 2.00 bits per heavy atom. The summed E-state index contributed by atoms with van der Waals surface area (Å²) in [4.78, 5) is 47.2. The SMILES string of the molecule is CC(C)n1c(O[C@@H]2C[C@H]3C(=O)N[C@]4(C(=O)NS(=O)(=O)N(C)C)C[C@H]4C=CCCCCC[C@H](N)C(=O)N3C2)nc2c(Cl)cccc21. The van der Waals surface area contributed by atoms with Crippen molar-refractivity contribution in [2.24, 2.45) is 11.7 Å². The van der Waals surface area contributed by atoms with Crippen LogP contribution in [-0.2, 0) is 24.6 Å². The van der Waals surface area contributed by atoms with Crippen LogP contribution in [0.25, 0.3) is 11.0 Å². The van der Waals surface area contributed by atoms with Gasteiger partial charge in [-0.15, -0.1) is 0 Å². The number of carbonyl (C=O) groups excluding carboxylic acids is 3. The minimum absolute atomic E-state index is 0.0228. The van der Waals surface area contributed by atoms with Gasteiger partial charge in [-0.25, -0.2) is 4.72 Å². The summed E-state index contributed by atoms with van der Waals surface area (Å²) in [7, 11) is -1.50. The van der Waals surface area contributed by atoms with Crippen molar-refractivity contribution >= 4 is 50.6 Å². The number of benzene rings is 1. The molecule has 1 aromatic carbocycles. The van der Waals surface area contributed by atoms with E-state index in [-0.39, 0.29) is 31.3 Å². The lowest BCUT2D eigenvalue weighted by atomic mass is 10.1. The highest BCUT2D eigenvalue weighted by Crippen LogP contribution is 2.46. The molecule has 0 radical (unpaired) electrons. The number of carbonyl (C=O) groups is 3. The minimum Gasteiger partial charge on any atom is -0.459 e. The van der Waals surface area contributed by atoms with Crippen molar-refractivity contribution in [2.75, 3.05) is 20.6 Å². The van der Waals surface area contributed by atoms with Crippen LogP contribution >= 0.6 is 11.6 Å². The van der Waals surface area contributed by atoms with Gasteiger partial charge >= 0.3 is 10.2 Å². The molecular formula is C30H42ClN7O6S. The van der Waals surface area contributed by atoms with Gasteiger partial charge in [-0.1, -0.05) is 42.7 Å². The molecule has 5 atom stereocenters. The molecule has 15 heteroatoms. The van der Waals surface area contributed by atoms with E-state index in [2.05, 4.69) is 15.0 Å². The first-order valence-electron chi connectivity index (χ1n) is 15.4. The maximum absolute atomic E-state index is 14.0. The van der Waals surface area contributed by atoms with E-state index >= 15 is 0 Å². The molecular weight excluding hydrogens is 622 g/mol. The van der Waals surface area contributed by atoms with Crippen LogP contribution in [0.5, 0.6) is 6.01 Å². The summed E-state index contributed by atoms with van der Waals surface area (Å²) in [5.41, 5.74) is 6.26. The molecule has 0 unspecified atom stereocenters. The minimum atomic E-state index is -4.11. The van der Waals surface area contributed by atoms with E-state index < -0.39 is 51.7 Å². The molecule has 0 spiro atoms. The first-order valence-corrected chi connectivity index (χ1v) is 17.2. The molecule has 4 N–H and O–H groups in total. The summed E-state index contributed by atoms with van der Waals surface area (Å²) < 4.78 is 36.3. The smallest absolute Gasteiger partial charge is 0.303 e. The molecule has 3 aliphatic rings. The van der Waals surface area contributed by atoms with E-state index in [9.17, 15) is 22.8 Å². The topological polar surface area (TPSA) is 169 Å². The number of nitrogens with zero attached hydrogens (tertiary/aromatic N) is 4. The van der Waals surface area contributed by atoms with Crippen LogP contribution in [0.15, 0.2) is 30.4 Å². The third-order valence-corrected chi connectivity index (χ3v) is 10.5. The number of halogens is 1. The summed E-state index contributed by atoms with van der Waals surface area (Å²) in [6.07, 6.45) is 7.25. The highest BCUT2D eigenvalue weighted by Gasteiger charge is 2.61. The molecule has 0 bridgehead atoms. The number of fused-ring (bicyclic) bond motifs is 3. The third-order valence-electron chi connectivity index (χ3n) is 8.82. The van der Waals surface area contributed by atoms with Gasteiger partial charge in [-0.05, 0) is 51.7 Å². The van der Waals surface area contributed by atoms with Crippen molar-refractivity contribution in [1.29, 1.82) is 0 Å². The number of para-hydroxylation sites is 1. The number of ether oxygens (including phenoxy) is 1. The number of allylic oxidation sites excluding steroid dienone is 1. The highest BCUT2D eigenvalue weighted by atomic mass is 35.5. The van der Waals surface area contributed by atoms with Gasteiger partial charge in [0.15, 0.2) is 0 Å². The molecule has 45 heavy (non-hydrogen) atoms. The Morgan fingerprint density at radius 1 is 1.24 bits per heavy atom. The number of aromatic nitrogens is 2. The second-order valence-electron chi connectivity index (χ2n) is 12.6. The van der Waals surface area contributed by atoms with Crippen molar-refractivity contribution in [3.05, 3.63) is 35.4 Å². The van der Waals surface area contributed by atoms with Crippen molar-refractivity contribution in [3.63, 3.8) is 0 Å². The molecule has 2 aliphatic heterocycles. The number of hydrogen-bond acceptors (Lipinski definition) is 8. The highest BCUT2D eigenvalue weighted by molar-refractivity contribution is 7.87.